The fraction of sp³-hybridized carbons (Fsp3) is 0.259. The van der Waals surface area contributed by atoms with Gasteiger partial charge in [0.1, 0.15) is 23.1 Å². The van der Waals surface area contributed by atoms with Gasteiger partial charge in [-0.3, -0.25) is 14.2 Å². The molecule has 0 saturated carbocycles. The van der Waals surface area contributed by atoms with Crippen molar-refractivity contribution in [1.82, 2.24) is 19.9 Å². The summed E-state index contributed by atoms with van der Waals surface area (Å²) in [5.74, 6) is -2.38. The van der Waals surface area contributed by atoms with E-state index in [1.165, 1.54) is 30.3 Å². The number of pyridine rings is 1. The molecular formula is C27H26F3N5O2. The Kier molecular flexibility index (Phi) is 7.02. The minimum atomic E-state index is -0.938. The van der Waals surface area contributed by atoms with Gasteiger partial charge >= 0.3 is 0 Å². The molecule has 37 heavy (non-hydrogen) atoms. The Morgan fingerprint density at radius 1 is 0.973 bits per heavy atom. The lowest BCUT2D eigenvalue weighted by atomic mass is 9.96. The number of benzene rings is 2. The zero-order chi connectivity index (χ0) is 26.9. The maximum absolute atomic E-state index is 14.8. The van der Waals surface area contributed by atoms with E-state index in [-0.39, 0.29) is 30.6 Å². The van der Waals surface area contributed by atoms with E-state index in [1.54, 1.807) is 33.8 Å². The van der Waals surface area contributed by atoms with E-state index in [0.717, 1.165) is 16.7 Å². The third kappa shape index (κ3) is 5.32. The Balaban J connectivity index is 1.88. The second kappa shape index (κ2) is 10.0. The third-order valence-electron chi connectivity index (χ3n) is 5.73. The Morgan fingerprint density at radius 3 is 2.32 bits per heavy atom. The molecular weight excluding hydrogens is 483 g/mol. The van der Waals surface area contributed by atoms with E-state index >= 15 is 0 Å². The first-order valence-electron chi connectivity index (χ1n) is 11.6. The van der Waals surface area contributed by atoms with Crippen molar-refractivity contribution in [2.45, 2.75) is 27.7 Å². The number of rotatable bonds is 6. The second-order valence-corrected chi connectivity index (χ2v) is 9.60. The molecule has 0 aliphatic carbocycles. The topological polar surface area (TPSA) is 88.9 Å². The van der Waals surface area contributed by atoms with Crippen molar-refractivity contribution in [2.24, 2.45) is 5.41 Å². The van der Waals surface area contributed by atoms with Crippen molar-refractivity contribution in [1.29, 1.82) is 0 Å². The number of fused-ring (bicyclic) bond motifs is 1. The summed E-state index contributed by atoms with van der Waals surface area (Å²) in [5, 5.41) is 6.13. The van der Waals surface area contributed by atoms with Gasteiger partial charge < -0.3 is 10.6 Å². The number of nitrogens with zero attached hydrogens (tertiary/aromatic N) is 3. The van der Waals surface area contributed by atoms with Gasteiger partial charge in [-0.25, -0.2) is 18.2 Å². The Morgan fingerprint density at radius 2 is 1.68 bits per heavy atom. The Bertz CT molecular complexity index is 1540. The molecule has 1 amide bonds. The van der Waals surface area contributed by atoms with E-state index in [2.05, 4.69) is 20.6 Å². The van der Waals surface area contributed by atoms with Crippen LogP contribution in [0.1, 0.15) is 26.3 Å². The number of nitrogens with one attached hydrogen (secondary N) is 2. The van der Waals surface area contributed by atoms with Crippen LogP contribution >= 0.6 is 0 Å². The number of halogens is 3. The van der Waals surface area contributed by atoms with E-state index in [0.29, 0.717) is 22.2 Å². The van der Waals surface area contributed by atoms with E-state index in [1.807, 2.05) is 0 Å². The molecule has 10 heteroatoms. The van der Waals surface area contributed by atoms with Crippen LogP contribution in [0.4, 0.5) is 19.1 Å². The molecule has 0 radical (unpaired) electrons. The Labute approximate surface area is 211 Å². The molecule has 0 atom stereocenters. The summed E-state index contributed by atoms with van der Waals surface area (Å²) < 4.78 is 44.2. The molecule has 0 fully saturated rings. The number of aryl methyl sites for hydroxylation is 1. The number of amides is 1. The molecule has 4 aromatic rings. The molecule has 2 aromatic heterocycles. The molecule has 192 valence electrons. The smallest absolute Gasteiger partial charge is 0.256 e. The standard InChI is InChI=1S/C27H26F3N5O2/c1-15-14-16(28)8-9-17(15)22-18-10-11-21(36)35(23-19(29)6-5-7-20(23)30)24(18)34-26(33-22)32-13-12-31-25(37)27(2,3)4/h5-11,14H,12-13H2,1-4H3,(H,31,37)(H,32,33,34). The lowest BCUT2D eigenvalue weighted by Gasteiger charge is -2.18. The summed E-state index contributed by atoms with van der Waals surface area (Å²) in [6, 6.07) is 10.1. The molecule has 4 rings (SSSR count). The maximum Gasteiger partial charge on any atom is 0.256 e. The molecule has 0 bridgehead atoms. The van der Waals surface area contributed by atoms with Crippen LogP contribution in [0.25, 0.3) is 28.0 Å². The van der Waals surface area contributed by atoms with Crippen molar-refractivity contribution in [2.75, 3.05) is 18.4 Å². The monoisotopic (exact) mass is 509 g/mol. The molecule has 0 aliphatic rings. The van der Waals surface area contributed by atoms with Crippen LogP contribution in [0.5, 0.6) is 0 Å². The van der Waals surface area contributed by atoms with E-state index in [9.17, 15) is 22.8 Å². The minimum Gasteiger partial charge on any atom is -0.354 e. The number of carbonyl (C=O) groups excluding carboxylic acids is 1. The molecule has 0 aliphatic heterocycles. The van der Waals surface area contributed by atoms with Gasteiger partial charge in [0.15, 0.2) is 5.65 Å². The predicted molar refractivity (Wildman–Crippen MR) is 136 cm³/mol. The zero-order valence-corrected chi connectivity index (χ0v) is 20.8. The number of aromatic nitrogens is 3. The molecule has 2 N–H and O–H groups in total. The van der Waals surface area contributed by atoms with Gasteiger partial charge in [0.05, 0.1) is 5.69 Å². The van der Waals surface area contributed by atoms with Crippen LogP contribution < -0.4 is 16.2 Å². The molecule has 0 unspecified atom stereocenters. The van der Waals surface area contributed by atoms with Gasteiger partial charge in [-0.1, -0.05) is 26.8 Å². The van der Waals surface area contributed by atoms with Gasteiger partial charge in [0.25, 0.3) is 5.56 Å². The van der Waals surface area contributed by atoms with Crippen LogP contribution in [0.3, 0.4) is 0 Å². The number of carbonyl (C=O) groups is 1. The molecule has 0 spiro atoms. The van der Waals surface area contributed by atoms with Gasteiger partial charge in [-0.05, 0) is 48.9 Å². The lowest BCUT2D eigenvalue weighted by molar-refractivity contribution is -0.128. The first-order valence-corrected chi connectivity index (χ1v) is 11.6. The second-order valence-electron chi connectivity index (χ2n) is 9.60. The zero-order valence-electron chi connectivity index (χ0n) is 20.8. The van der Waals surface area contributed by atoms with Crippen molar-refractivity contribution < 1.29 is 18.0 Å². The van der Waals surface area contributed by atoms with Crippen LogP contribution in [0.2, 0.25) is 0 Å². The van der Waals surface area contributed by atoms with Crippen LogP contribution in [0, 0.1) is 29.8 Å². The number of anilines is 1. The highest BCUT2D eigenvalue weighted by atomic mass is 19.1. The van der Waals surface area contributed by atoms with Crippen molar-refractivity contribution in [3.63, 3.8) is 0 Å². The first kappa shape index (κ1) is 25.9. The summed E-state index contributed by atoms with van der Waals surface area (Å²) in [5.41, 5.74) is -0.398. The van der Waals surface area contributed by atoms with Crippen molar-refractivity contribution in [3.05, 3.63) is 81.9 Å². The summed E-state index contributed by atoms with van der Waals surface area (Å²) in [6.45, 7) is 7.57. The van der Waals surface area contributed by atoms with Crippen LogP contribution in [-0.4, -0.2) is 33.5 Å². The van der Waals surface area contributed by atoms with Gasteiger partial charge in [-0.2, -0.15) is 4.98 Å². The summed E-state index contributed by atoms with van der Waals surface area (Å²) in [4.78, 5) is 34.0. The first-order chi connectivity index (χ1) is 17.5. The van der Waals surface area contributed by atoms with Crippen LogP contribution in [-0.2, 0) is 4.79 Å². The quantitative estimate of drug-likeness (QED) is 0.367. The molecule has 2 aromatic carbocycles. The highest BCUT2D eigenvalue weighted by Gasteiger charge is 2.22. The number of hydrogen-bond donors (Lipinski definition) is 2. The van der Waals surface area contributed by atoms with Crippen LogP contribution in [0.15, 0.2) is 53.3 Å². The molecule has 7 nitrogen and oxygen atoms in total. The SMILES string of the molecule is Cc1cc(F)ccc1-c1nc(NCCNC(=O)C(C)(C)C)nc2c1ccc(=O)n2-c1c(F)cccc1F. The summed E-state index contributed by atoms with van der Waals surface area (Å²) >= 11 is 0. The normalized spacial score (nSPS) is 11.5. The van der Waals surface area contributed by atoms with Gasteiger partial charge in [0, 0.05) is 35.5 Å². The average molecular weight is 510 g/mol. The van der Waals surface area contributed by atoms with E-state index in [4.69, 9.17) is 0 Å². The minimum absolute atomic E-state index is 0.0357. The summed E-state index contributed by atoms with van der Waals surface area (Å²) in [7, 11) is 0. The number of para-hydroxylation sites is 1. The highest BCUT2D eigenvalue weighted by molar-refractivity contribution is 5.93. The van der Waals surface area contributed by atoms with E-state index < -0.39 is 34.1 Å². The number of hydrogen-bond acceptors (Lipinski definition) is 5. The Hall–Kier alpha value is -4.21. The average Bonchev–Trinajstić information content (AvgIpc) is 2.82. The summed E-state index contributed by atoms with van der Waals surface area (Å²) in [6.07, 6.45) is 0. The van der Waals surface area contributed by atoms with Crippen molar-refractivity contribution in [3.8, 4) is 16.9 Å². The van der Waals surface area contributed by atoms with Crippen molar-refractivity contribution >= 4 is 22.9 Å². The molecule has 0 saturated heterocycles. The fourth-order valence-electron chi connectivity index (χ4n) is 3.83. The molecule has 2 heterocycles. The fourth-order valence-corrected chi connectivity index (χ4v) is 3.83. The largest absolute Gasteiger partial charge is 0.354 e. The third-order valence-corrected chi connectivity index (χ3v) is 5.73. The lowest BCUT2D eigenvalue weighted by Crippen LogP contribution is -2.37. The highest BCUT2D eigenvalue weighted by Crippen LogP contribution is 2.31. The van der Waals surface area contributed by atoms with Gasteiger partial charge in [0.2, 0.25) is 11.9 Å². The predicted octanol–water partition coefficient (Wildman–Crippen LogP) is 4.75. The van der Waals surface area contributed by atoms with Gasteiger partial charge in [-0.15, -0.1) is 0 Å². The maximum atomic E-state index is 14.8.